The van der Waals surface area contributed by atoms with Gasteiger partial charge in [0.25, 0.3) is 5.91 Å². The van der Waals surface area contributed by atoms with Gasteiger partial charge in [-0.1, -0.05) is 15.9 Å². The number of nitrogens with zero attached hydrogens (tertiary/aromatic N) is 2. The summed E-state index contributed by atoms with van der Waals surface area (Å²) < 4.78 is 31.1. The molecule has 0 aliphatic heterocycles. The van der Waals surface area contributed by atoms with Crippen molar-refractivity contribution in [1.29, 1.82) is 0 Å². The molecule has 0 saturated heterocycles. The number of imidazole rings is 1. The molecule has 1 amide bonds. The van der Waals surface area contributed by atoms with Gasteiger partial charge in [-0.3, -0.25) is 4.79 Å². The highest BCUT2D eigenvalue weighted by Crippen LogP contribution is 2.40. The standard InChI is InChI=1S/C26H27BrFN3O5/c1-4-36-26(33)19-11-20(27)17(9-21(19)28)13-31(12-16-7-8-18(34-2)10-22(16)35-3)25(32)24-23(15-5-6-15)29-14-30-24/h7-11,14-15H,4-6,12-13H2,1-3H3,(H,29,30). The fourth-order valence-corrected chi connectivity index (χ4v) is 4.44. The van der Waals surface area contributed by atoms with E-state index in [0.717, 1.165) is 24.1 Å². The first-order valence-electron chi connectivity index (χ1n) is 11.5. The van der Waals surface area contributed by atoms with E-state index in [0.29, 0.717) is 27.2 Å². The Bertz CT molecular complexity index is 1270. The van der Waals surface area contributed by atoms with Crippen molar-refractivity contribution < 1.29 is 28.2 Å². The SMILES string of the molecule is CCOC(=O)c1cc(Br)c(CN(Cc2ccc(OC)cc2OC)C(=O)c2[nH]cnc2C2CC2)cc1F. The van der Waals surface area contributed by atoms with Crippen LogP contribution in [0.1, 0.15) is 63.4 Å². The third-order valence-electron chi connectivity index (χ3n) is 5.98. The van der Waals surface area contributed by atoms with E-state index in [4.69, 9.17) is 14.2 Å². The molecule has 1 fully saturated rings. The number of methoxy groups -OCH3 is 2. The van der Waals surface area contributed by atoms with Crippen LogP contribution < -0.4 is 9.47 Å². The third kappa shape index (κ3) is 5.53. The molecule has 0 bridgehead atoms. The molecule has 10 heteroatoms. The van der Waals surface area contributed by atoms with E-state index >= 15 is 0 Å². The van der Waals surface area contributed by atoms with Crippen LogP contribution in [0, 0.1) is 5.82 Å². The maximum absolute atomic E-state index is 14.9. The molecule has 8 nitrogen and oxygen atoms in total. The van der Waals surface area contributed by atoms with Crippen molar-refractivity contribution >= 4 is 27.8 Å². The Morgan fingerprint density at radius 1 is 1.14 bits per heavy atom. The Labute approximate surface area is 216 Å². The number of ether oxygens (including phenoxy) is 3. The van der Waals surface area contributed by atoms with E-state index in [2.05, 4.69) is 25.9 Å². The summed E-state index contributed by atoms with van der Waals surface area (Å²) in [4.78, 5) is 34.8. The highest BCUT2D eigenvalue weighted by molar-refractivity contribution is 9.10. The summed E-state index contributed by atoms with van der Waals surface area (Å²) in [7, 11) is 3.11. The molecular formula is C26H27BrFN3O5. The zero-order valence-electron chi connectivity index (χ0n) is 20.3. The van der Waals surface area contributed by atoms with Gasteiger partial charge in [0.1, 0.15) is 23.0 Å². The van der Waals surface area contributed by atoms with Gasteiger partial charge in [0, 0.05) is 28.6 Å². The quantitative estimate of drug-likeness (QED) is 0.342. The van der Waals surface area contributed by atoms with Crippen molar-refractivity contribution in [2.75, 3.05) is 20.8 Å². The predicted octanol–water partition coefficient (Wildman–Crippen LogP) is 5.23. The van der Waals surface area contributed by atoms with Crippen molar-refractivity contribution in [2.45, 2.75) is 38.8 Å². The minimum atomic E-state index is -0.746. The van der Waals surface area contributed by atoms with Crippen LogP contribution >= 0.6 is 15.9 Å². The highest BCUT2D eigenvalue weighted by Gasteiger charge is 2.32. The number of hydrogen-bond acceptors (Lipinski definition) is 6. The van der Waals surface area contributed by atoms with Gasteiger partial charge in [0.15, 0.2) is 0 Å². The Morgan fingerprint density at radius 3 is 2.56 bits per heavy atom. The molecule has 3 aromatic rings. The van der Waals surface area contributed by atoms with E-state index < -0.39 is 11.8 Å². The number of carbonyl (C=O) groups excluding carboxylic acids is 2. The Kier molecular flexibility index (Phi) is 7.93. The van der Waals surface area contributed by atoms with Gasteiger partial charge in [-0.2, -0.15) is 0 Å². The molecule has 1 N–H and O–H groups in total. The monoisotopic (exact) mass is 559 g/mol. The minimum absolute atomic E-state index is 0.0672. The summed E-state index contributed by atoms with van der Waals surface area (Å²) in [5.41, 5.74) is 2.24. The number of benzene rings is 2. The lowest BCUT2D eigenvalue weighted by Gasteiger charge is -2.25. The molecule has 2 aromatic carbocycles. The average molecular weight is 560 g/mol. The lowest BCUT2D eigenvalue weighted by Crippen LogP contribution is -2.31. The van der Waals surface area contributed by atoms with E-state index in [9.17, 15) is 14.0 Å². The Morgan fingerprint density at radius 2 is 1.89 bits per heavy atom. The first-order valence-corrected chi connectivity index (χ1v) is 12.3. The maximum atomic E-state index is 14.9. The molecule has 1 aromatic heterocycles. The molecule has 0 spiro atoms. The number of rotatable bonds is 10. The highest BCUT2D eigenvalue weighted by atomic mass is 79.9. The maximum Gasteiger partial charge on any atom is 0.341 e. The van der Waals surface area contributed by atoms with Gasteiger partial charge < -0.3 is 24.1 Å². The van der Waals surface area contributed by atoms with Crippen molar-refractivity contribution in [2.24, 2.45) is 0 Å². The molecule has 1 aliphatic rings. The van der Waals surface area contributed by atoms with E-state index in [1.165, 1.54) is 18.5 Å². The van der Waals surface area contributed by atoms with Gasteiger partial charge in [-0.15, -0.1) is 0 Å². The number of halogens is 2. The second-order valence-electron chi connectivity index (χ2n) is 8.42. The second-order valence-corrected chi connectivity index (χ2v) is 9.27. The van der Waals surface area contributed by atoms with Crippen LogP contribution in [0.25, 0.3) is 0 Å². The molecule has 0 radical (unpaired) electrons. The summed E-state index contributed by atoms with van der Waals surface area (Å²) >= 11 is 3.43. The van der Waals surface area contributed by atoms with E-state index in [1.54, 1.807) is 38.2 Å². The van der Waals surface area contributed by atoms with Crippen LogP contribution in [0.15, 0.2) is 41.1 Å². The molecule has 36 heavy (non-hydrogen) atoms. The lowest BCUT2D eigenvalue weighted by molar-refractivity contribution is 0.0520. The van der Waals surface area contributed by atoms with Crippen molar-refractivity contribution in [1.82, 2.24) is 14.9 Å². The molecule has 0 atom stereocenters. The molecule has 0 unspecified atom stereocenters. The summed E-state index contributed by atoms with van der Waals surface area (Å²) in [5, 5.41) is 0. The zero-order chi connectivity index (χ0) is 25.8. The predicted molar refractivity (Wildman–Crippen MR) is 134 cm³/mol. The number of carbonyl (C=O) groups is 2. The van der Waals surface area contributed by atoms with Crippen LogP contribution in [0.3, 0.4) is 0 Å². The van der Waals surface area contributed by atoms with E-state index in [-0.39, 0.29) is 37.1 Å². The number of aromatic amines is 1. The number of nitrogens with one attached hydrogen (secondary N) is 1. The number of hydrogen-bond donors (Lipinski definition) is 1. The number of H-pyrrole nitrogens is 1. The van der Waals surface area contributed by atoms with Crippen LogP contribution in [0.2, 0.25) is 0 Å². The van der Waals surface area contributed by atoms with Gasteiger partial charge in [0.2, 0.25) is 0 Å². The number of esters is 1. The lowest BCUT2D eigenvalue weighted by atomic mass is 10.1. The normalized spacial score (nSPS) is 12.8. The van der Waals surface area contributed by atoms with Crippen LogP contribution in [-0.2, 0) is 17.8 Å². The van der Waals surface area contributed by atoms with Gasteiger partial charge in [-0.25, -0.2) is 14.2 Å². The number of aromatic nitrogens is 2. The van der Waals surface area contributed by atoms with Crippen molar-refractivity contribution in [3.05, 3.63) is 75.0 Å². The average Bonchev–Trinajstić information content (AvgIpc) is 3.61. The van der Waals surface area contributed by atoms with Crippen LogP contribution in [-0.4, -0.2) is 47.6 Å². The molecule has 1 aliphatic carbocycles. The molecule has 1 saturated carbocycles. The van der Waals surface area contributed by atoms with Crippen LogP contribution in [0.4, 0.5) is 4.39 Å². The summed E-state index contributed by atoms with van der Waals surface area (Å²) in [6.07, 6.45) is 3.50. The first kappa shape index (κ1) is 25.7. The van der Waals surface area contributed by atoms with Crippen molar-refractivity contribution in [3.8, 4) is 11.5 Å². The fraction of sp³-hybridized carbons (Fsp3) is 0.346. The van der Waals surface area contributed by atoms with Crippen LogP contribution in [0.5, 0.6) is 11.5 Å². The summed E-state index contributed by atoms with van der Waals surface area (Å²) in [6, 6.07) is 7.98. The smallest absolute Gasteiger partial charge is 0.341 e. The van der Waals surface area contributed by atoms with Gasteiger partial charge in [0.05, 0.1) is 45.0 Å². The van der Waals surface area contributed by atoms with E-state index in [1.807, 2.05) is 6.07 Å². The fourth-order valence-electron chi connectivity index (χ4n) is 3.97. The zero-order valence-corrected chi connectivity index (χ0v) is 21.9. The topological polar surface area (TPSA) is 93.7 Å². The van der Waals surface area contributed by atoms with Gasteiger partial charge in [-0.05, 0) is 49.6 Å². The Hall–Kier alpha value is -3.40. The largest absolute Gasteiger partial charge is 0.497 e. The molecular weight excluding hydrogens is 533 g/mol. The molecule has 190 valence electrons. The second kappa shape index (κ2) is 11.1. The Balaban J connectivity index is 1.69. The summed E-state index contributed by atoms with van der Waals surface area (Å²) in [6.45, 7) is 2.04. The summed E-state index contributed by atoms with van der Waals surface area (Å²) in [5.74, 6) is -0.292. The number of amides is 1. The van der Waals surface area contributed by atoms with Gasteiger partial charge >= 0.3 is 5.97 Å². The minimum Gasteiger partial charge on any atom is -0.497 e. The molecule has 1 heterocycles. The first-order chi connectivity index (χ1) is 17.4. The third-order valence-corrected chi connectivity index (χ3v) is 6.72. The van der Waals surface area contributed by atoms with Crippen molar-refractivity contribution in [3.63, 3.8) is 0 Å². The molecule has 4 rings (SSSR count).